The summed E-state index contributed by atoms with van der Waals surface area (Å²) >= 11 is 0. The van der Waals surface area contributed by atoms with Crippen LogP contribution in [0.5, 0.6) is 0 Å². The quantitative estimate of drug-likeness (QED) is 0.646. The molecule has 1 aromatic carbocycles. The van der Waals surface area contributed by atoms with E-state index in [0.29, 0.717) is 11.9 Å². The minimum absolute atomic E-state index is 0.0306. The maximum atomic E-state index is 11.0. The predicted molar refractivity (Wildman–Crippen MR) is 77.7 cm³/mol. The van der Waals surface area contributed by atoms with Crippen molar-refractivity contribution in [2.24, 2.45) is 5.92 Å². The van der Waals surface area contributed by atoms with E-state index in [4.69, 9.17) is 0 Å². The molecule has 0 saturated heterocycles. The van der Waals surface area contributed by atoms with E-state index in [1.165, 1.54) is 12.3 Å². The molecule has 1 aromatic heterocycles. The summed E-state index contributed by atoms with van der Waals surface area (Å²) in [5, 5.41) is 25.2. The van der Waals surface area contributed by atoms with Gasteiger partial charge >= 0.3 is 0 Å². The molecule has 20 heavy (non-hydrogen) atoms. The number of nitro groups is 1. The topological polar surface area (TPSA) is 88.3 Å². The molecule has 1 atom stereocenters. The molecule has 0 spiro atoms. The van der Waals surface area contributed by atoms with E-state index in [9.17, 15) is 15.2 Å². The molecule has 2 N–H and O–H groups in total. The number of nitro benzene ring substituents is 1. The first-order valence-corrected chi connectivity index (χ1v) is 6.43. The summed E-state index contributed by atoms with van der Waals surface area (Å²) in [6.45, 7) is 4.27. The van der Waals surface area contributed by atoms with Gasteiger partial charge in [0.25, 0.3) is 5.69 Å². The molecule has 0 amide bonds. The third kappa shape index (κ3) is 2.85. The number of pyridine rings is 1. The van der Waals surface area contributed by atoms with Gasteiger partial charge in [0.1, 0.15) is 0 Å². The van der Waals surface area contributed by atoms with Crippen molar-refractivity contribution in [2.45, 2.75) is 20.0 Å². The smallest absolute Gasteiger partial charge is 0.278 e. The van der Waals surface area contributed by atoms with E-state index in [1.54, 1.807) is 18.3 Å². The largest absolute Gasteiger partial charge is 0.391 e. The normalized spacial score (nSPS) is 12.6. The van der Waals surface area contributed by atoms with Gasteiger partial charge in [-0.1, -0.05) is 13.8 Å². The average molecular weight is 275 g/mol. The van der Waals surface area contributed by atoms with Gasteiger partial charge in [-0.3, -0.25) is 15.1 Å². The van der Waals surface area contributed by atoms with E-state index in [1.807, 2.05) is 13.8 Å². The van der Waals surface area contributed by atoms with Gasteiger partial charge in [-0.05, 0) is 18.1 Å². The van der Waals surface area contributed by atoms with Crippen LogP contribution < -0.4 is 5.32 Å². The van der Waals surface area contributed by atoms with Crippen LogP contribution >= 0.6 is 0 Å². The standard InChI is InChI=1S/C14H17N3O3/c1-9(2)14(18)8-16-12-3-4-13(17(19)20)11-7-15-6-5-10(11)12/h3-7,9,14,16,18H,8H2,1-2H3. The second kappa shape index (κ2) is 5.83. The van der Waals surface area contributed by atoms with Crippen LogP contribution in [-0.4, -0.2) is 27.7 Å². The SMILES string of the molecule is CC(C)C(O)CNc1ccc([N+](=O)[O-])c2cnccc12. The van der Waals surface area contributed by atoms with Crippen molar-refractivity contribution in [1.82, 2.24) is 4.98 Å². The van der Waals surface area contributed by atoms with Crippen molar-refractivity contribution in [3.05, 3.63) is 40.7 Å². The molecule has 1 heterocycles. The van der Waals surface area contributed by atoms with E-state index in [2.05, 4.69) is 10.3 Å². The molecule has 0 aliphatic rings. The molecular formula is C14H17N3O3. The highest BCUT2D eigenvalue weighted by Gasteiger charge is 2.15. The van der Waals surface area contributed by atoms with Crippen molar-refractivity contribution in [3.63, 3.8) is 0 Å². The second-order valence-corrected chi connectivity index (χ2v) is 5.00. The molecule has 0 radical (unpaired) electrons. The molecule has 6 nitrogen and oxygen atoms in total. The van der Waals surface area contributed by atoms with Gasteiger partial charge in [-0.15, -0.1) is 0 Å². The highest BCUT2D eigenvalue weighted by atomic mass is 16.6. The number of hydrogen-bond donors (Lipinski definition) is 2. The zero-order valence-electron chi connectivity index (χ0n) is 11.4. The van der Waals surface area contributed by atoms with Crippen molar-refractivity contribution in [2.75, 3.05) is 11.9 Å². The molecule has 6 heteroatoms. The Kier molecular flexibility index (Phi) is 4.14. The fourth-order valence-corrected chi connectivity index (χ4v) is 1.94. The molecule has 0 fully saturated rings. The van der Waals surface area contributed by atoms with Gasteiger partial charge in [0.05, 0.1) is 16.4 Å². The van der Waals surface area contributed by atoms with Crippen LogP contribution in [0.15, 0.2) is 30.6 Å². The summed E-state index contributed by atoms with van der Waals surface area (Å²) in [7, 11) is 0. The Labute approximate surface area is 116 Å². The number of aliphatic hydroxyl groups is 1. The zero-order chi connectivity index (χ0) is 14.7. The van der Waals surface area contributed by atoms with Gasteiger partial charge in [0.2, 0.25) is 0 Å². The number of non-ortho nitro benzene ring substituents is 1. The number of aliphatic hydroxyl groups excluding tert-OH is 1. The van der Waals surface area contributed by atoms with Gasteiger partial charge in [-0.2, -0.15) is 0 Å². The van der Waals surface area contributed by atoms with Gasteiger partial charge < -0.3 is 10.4 Å². The Morgan fingerprint density at radius 2 is 2.10 bits per heavy atom. The molecule has 0 bridgehead atoms. The lowest BCUT2D eigenvalue weighted by molar-refractivity contribution is -0.383. The first-order valence-electron chi connectivity index (χ1n) is 6.43. The fourth-order valence-electron chi connectivity index (χ4n) is 1.94. The number of hydrogen-bond acceptors (Lipinski definition) is 5. The van der Waals surface area contributed by atoms with Crippen molar-refractivity contribution < 1.29 is 10.0 Å². The minimum atomic E-state index is -0.470. The molecule has 1 unspecified atom stereocenters. The van der Waals surface area contributed by atoms with Crippen LogP contribution in [0, 0.1) is 16.0 Å². The molecule has 0 aliphatic carbocycles. The molecule has 2 rings (SSSR count). The number of benzene rings is 1. The number of nitrogens with one attached hydrogen (secondary N) is 1. The van der Waals surface area contributed by atoms with E-state index in [0.717, 1.165) is 11.1 Å². The zero-order valence-corrected chi connectivity index (χ0v) is 11.4. The van der Waals surface area contributed by atoms with Crippen LogP contribution in [-0.2, 0) is 0 Å². The summed E-state index contributed by atoms with van der Waals surface area (Å²) < 4.78 is 0. The van der Waals surface area contributed by atoms with Crippen molar-refractivity contribution in [1.29, 1.82) is 0 Å². The Hall–Kier alpha value is -2.21. The highest BCUT2D eigenvalue weighted by Crippen LogP contribution is 2.30. The van der Waals surface area contributed by atoms with E-state index in [-0.39, 0.29) is 11.6 Å². The Bertz CT molecular complexity index is 628. The monoisotopic (exact) mass is 275 g/mol. The predicted octanol–water partition coefficient (Wildman–Crippen LogP) is 2.57. The Morgan fingerprint density at radius 3 is 2.75 bits per heavy atom. The summed E-state index contributed by atoms with van der Waals surface area (Å²) in [6.07, 6.45) is 2.61. The lowest BCUT2D eigenvalue weighted by atomic mass is 10.1. The van der Waals surface area contributed by atoms with E-state index < -0.39 is 11.0 Å². The molecule has 0 aliphatic heterocycles. The Morgan fingerprint density at radius 1 is 1.35 bits per heavy atom. The van der Waals surface area contributed by atoms with Crippen LogP contribution in [0.1, 0.15) is 13.8 Å². The van der Waals surface area contributed by atoms with Crippen LogP contribution in [0.2, 0.25) is 0 Å². The van der Waals surface area contributed by atoms with Gasteiger partial charge in [0, 0.05) is 36.1 Å². The fraction of sp³-hybridized carbons (Fsp3) is 0.357. The van der Waals surface area contributed by atoms with Gasteiger partial charge in [0.15, 0.2) is 0 Å². The molecule has 0 saturated carbocycles. The first-order chi connectivity index (χ1) is 9.50. The maximum Gasteiger partial charge on any atom is 0.278 e. The third-order valence-electron chi connectivity index (χ3n) is 3.26. The average Bonchev–Trinajstić information content (AvgIpc) is 2.43. The molecular weight excluding hydrogens is 258 g/mol. The number of aromatic nitrogens is 1. The van der Waals surface area contributed by atoms with Crippen LogP contribution in [0.4, 0.5) is 11.4 Å². The highest BCUT2D eigenvalue weighted by molar-refractivity contribution is 5.99. The summed E-state index contributed by atoms with van der Waals surface area (Å²) in [6, 6.07) is 4.84. The molecule has 106 valence electrons. The maximum absolute atomic E-state index is 11.0. The summed E-state index contributed by atoms with van der Waals surface area (Å²) in [4.78, 5) is 14.5. The van der Waals surface area contributed by atoms with Crippen LogP contribution in [0.25, 0.3) is 10.8 Å². The summed E-state index contributed by atoms with van der Waals surface area (Å²) in [5.74, 6) is 0.147. The number of rotatable bonds is 5. The number of nitrogens with zero attached hydrogens (tertiary/aromatic N) is 2. The van der Waals surface area contributed by atoms with E-state index >= 15 is 0 Å². The van der Waals surface area contributed by atoms with Crippen molar-refractivity contribution >= 4 is 22.1 Å². The van der Waals surface area contributed by atoms with Crippen molar-refractivity contribution in [3.8, 4) is 0 Å². The third-order valence-corrected chi connectivity index (χ3v) is 3.26. The van der Waals surface area contributed by atoms with Crippen LogP contribution in [0.3, 0.4) is 0 Å². The second-order valence-electron chi connectivity index (χ2n) is 5.00. The minimum Gasteiger partial charge on any atom is -0.391 e. The lowest BCUT2D eigenvalue weighted by Gasteiger charge is -2.17. The molecule has 2 aromatic rings. The lowest BCUT2D eigenvalue weighted by Crippen LogP contribution is -2.24. The summed E-state index contributed by atoms with van der Waals surface area (Å²) in [5.41, 5.74) is 0.788. The number of fused-ring (bicyclic) bond motifs is 1. The number of anilines is 1. The first kappa shape index (κ1) is 14.2. The van der Waals surface area contributed by atoms with Gasteiger partial charge in [-0.25, -0.2) is 0 Å². The Balaban J connectivity index is 2.36.